The van der Waals surface area contributed by atoms with Crippen molar-refractivity contribution in [1.82, 2.24) is 15.0 Å². The summed E-state index contributed by atoms with van der Waals surface area (Å²) in [6.45, 7) is 5.46. The molecule has 0 unspecified atom stereocenters. The van der Waals surface area contributed by atoms with E-state index in [1.807, 2.05) is 53.4 Å². The number of carbonyl (C=O) groups is 2. The van der Waals surface area contributed by atoms with E-state index in [1.165, 1.54) is 0 Å². The molecule has 1 saturated heterocycles. The van der Waals surface area contributed by atoms with E-state index in [2.05, 4.69) is 30.1 Å². The molecule has 7 nitrogen and oxygen atoms in total. The lowest BCUT2D eigenvalue weighted by Crippen LogP contribution is -2.49. The summed E-state index contributed by atoms with van der Waals surface area (Å²) in [5.74, 6) is 1.34. The Hall–Kier alpha value is -3.48. The van der Waals surface area contributed by atoms with E-state index in [4.69, 9.17) is 4.52 Å². The molecule has 0 bridgehead atoms. The molecule has 3 aromatic rings. The second-order valence-corrected chi connectivity index (χ2v) is 9.54. The van der Waals surface area contributed by atoms with Crippen LogP contribution in [0.1, 0.15) is 50.5 Å². The number of anilines is 1. The van der Waals surface area contributed by atoms with Crippen LogP contribution >= 0.6 is 0 Å². The van der Waals surface area contributed by atoms with Gasteiger partial charge in [0.2, 0.25) is 23.5 Å². The van der Waals surface area contributed by atoms with Crippen LogP contribution in [-0.4, -0.2) is 46.5 Å². The van der Waals surface area contributed by atoms with Crippen LogP contribution in [-0.2, 0) is 15.0 Å². The summed E-state index contributed by atoms with van der Waals surface area (Å²) in [6.07, 6.45) is 1.93. The number of benzene rings is 2. The van der Waals surface area contributed by atoms with Crippen molar-refractivity contribution in [3.05, 3.63) is 66.1 Å². The molecule has 2 aromatic carbocycles. The third kappa shape index (κ3) is 4.15. The predicted molar refractivity (Wildman–Crippen MR) is 125 cm³/mol. The van der Waals surface area contributed by atoms with Crippen molar-refractivity contribution in [3.8, 4) is 11.4 Å². The minimum atomic E-state index is -0.228. The number of para-hydroxylation sites is 1. The van der Waals surface area contributed by atoms with Gasteiger partial charge in [0, 0.05) is 42.1 Å². The first-order valence-corrected chi connectivity index (χ1v) is 11.5. The lowest BCUT2D eigenvalue weighted by Gasteiger charge is -2.39. The van der Waals surface area contributed by atoms with E-state index in [1.54, 1.807) is 4.90 Å². The molecule has 0 atom stereocenters. The van der Waals surface area contributed by atoms with Crippen LogP contribution in [0, 0.1) is 0 Å². The smallest absolute Gasteiger partial charge is 0.242 e. The molecule has 0 N–H and O–H groups in total. The Kier molecular flexibility index (Phi) is 5.48. The van der Waals surface area contributed by atoms with Crippen molar-refractivity contribution >= 4 is 17.5 Å². The Morgan fingerprint density at radius 2 is 1.76 bits per heavy atom. The highest BCUT2D eigenvalue weighted by Crippen LogP contribution is 2.40. The number of likely N-dealkylation sites (tertiary alicyclic amines) is 1. The average molecular weight is 445 g/mol. The molecule has 170 valence electrons. The average Bonchev–Trinajstić information content (AvgIpc) is 3.32. The quantitative estimate of drug-likeness (QED) is 0.604. The number of amides is 2. The highest BCUT2D eigenvalue weighted by atomic mass is 16.5. The summed E-state index contributed by atoms with van der Waals surface area (Å²) in [6, 6.07) is 17.7. The topological polar surface area (TPSA) is 79.5 Å². The van der Waals surface area contributed by atoms with Crippen molar-refractivity contribution in [2.45, 2.75) is 44.4 Å². The number of nitrogens with zero attached hydrogens (tertiary/aromatic N) is 4. The van der Waals surface area contributed by atoms with Gasteiger partial charge in [0.15, 0.2) is 0 Å². The molecule has 1 aromatic heterocycles. The molecule has 1 fully saturated rings. The second kappa shape index (κ2) is 8.46. The van der Waals surface area contributed by atoms with E-state index in [0.29, 0.717) is 31.2 Å². The minimum Gasteiger partial charge on any atom is -0.341 e. The molecular formula is C26H28N4O3. The first kappa shape index (κ1) is 21.4. The van der Waals surface area contributed by atoms with Crippen molar-refractivity contribution in [2.24, 2.45) is 0 Å². The number of aromatic nitrogens is 2. The second-order valence-electron chi connectivity index (χ2n) is 9.54. The van der Waals surface area contributed by atoms with Gasteiger partial charge in [-0.1, -0.05) is 67.5 Å². The molecule has 33 heavy (non-hydrogen) atoms. The van der Waals surface area contributed by atoms with Crippen LogP contribution < -0.4 is 4.90 Å². The largest absolute Gasteiger partial charge is 0.341 e. The summed E-state index contributed by atoms with van der Waals surface area (Å²) in [4.78, 5) is 34.1. The molecule has 5 rings (SSSR count). The number of piperidine rings is 1. The normalized spacial score (nSPS) is 18.3. The van der Waals surface area contributed by atoms with Gasteiger partial charge in [0.25, 0.3) is 0 Å². The molecule has 3 heterocycles. The maximum absolute atomic E-state index is 13.1. The minimum absolute atomic E-state index is 0.00115. The van der Waals surface area contributed by atoms with Crippen LogP contribution in [0.5, 0.6) is 0 Å². The van der Waals surface area contributed by atoms with Gasteiger partial charge >= 0.3 is 0 Å². The van der Waals surface area contributed by atoms with Crippen molar-refractivity contribution in [2.75, 3.05) is 24.5 Å². The maximum atomic E-state index is 13.1. The molecule has 2 aliphatic heterocycles. The van der Waals surface area contributed by atoms with Gasteiger partial charge in [-0.15, -0.1) is 0 Å². The van der Waals surface area contributed by atoms with Gasteiger partial charge in [0.1, 0.15) is 6.54 Å². The Morgan fingerprint density at radius 3 is 2.52 bits per heavy atom. The molecule has 2 aliphatic rings. The fraction of sp³-hybridized carbons (Fsp3) is 0.385. The molecular weight excluding hydrogens is 416 g/mol. The van der Waals surface area contributed by atoms with Gasteiger partial charge < -0.3 is 14.3 Å². The SMILES string of the molecule is CC1(C)CC(=O)N(CC(=O)N2CCC(c3nc(-c4ccccc4)no3)CC2)c2ccccc21. The number of rotatable bonds is 4. The van der Waals surface area contributed by atoms with Crippen molar-refractivity contribution in [3.63, 3.8) is 0 Å². The molecule has 0 radical (unpaired) electrons. The zero-order valence-electron chi connectivity index (χ0n) is 19.0. The Bertz CT molecular complexity index is 1160. The van der Waals surface area contributed by atoms with Gasteiger partial charge in [0.05, 0.1) is 0 Å². The van der Waals surface area contributed by atoms with Gasteiger partial charge in [-0.2, -0.15) is 4.98 Å². The summed E-state index contributed by atoms with van der Waals surface area (Å²) < 4.78 is 5.53. The molecule has 2 amide bonds. The first-order chi connectivity index (χ1) is 15.9. The summed E-state index contributed by atoms with van der Waals surface area (Å²) in [7, 11) is 0. The van der Waals surface area contributed by atoms with Crippen LogP contribution in [0.2, 0.25) is 0 Å². The zero-order chi connectivity index (χ0) is 23.0. The predicted octanol–water partition coefficient (Wildman–Crippen LogP) is 4.16. The van der Waals surface area contributed by atoms with Crippen LogP contribution in [0.4, 0.5) is 5.69 Å². The van der Waals surface area contributed by atoms with Crippen molar-refractivity contribution < 1.29 is 14.1 Å². The monoisotopic (exact) mass is 444 g/mol. The Labute approximate surface area is 193 Å². The fourth-order valence-electron chi connectivity index (χ4n) is 4.87. The number of hydrogen-bond acceptors (Lipinski definition) is 5. The van der Waals surface area contributed by atoms with Gasteiger partial charge in [-0.25, -0.2) is 0 Å². The lowest BCUT2D eigenvalue weighted by atomic mass is 9.77. The lowest BCUT2D eigenvalue weighted by molar-refractivity contribution is -0.132. The third-order valence-electron chi connectivity index (χ3n) is 6.78. The molecule has 0 aliphatic carbocycles. The Morgan fingerprint density at radius 1 is 1.06 bits per heavy atom. The van der Waals surface area contributed by atoms with E-state index in [-0.39, 0.29) is 29.7 Å². The van der Waals surface area contributed by atoms with E-state index in [0.717, 1.165) is 29.7 Å². The number of fused-ring (bicyclic) bond motifs is 1. The fourth-order valence-corrected chi connectivity index (χ4v) is 4.87. The maximum Gasteiger partial charge on any atom is 0.242 e. The highest BCUT2D eigenvalue weighted by molar-refractivity contribution is 6.02. The first-order valence-electron chi connectivity index (χ1n) is 11.5. The molecule has 0 saturated carbocycles. The Balaban J connectivity index is 1.23. The van der Waals surface area contributed by atoms with E-state index < -0.39 is 0 Å². The third-order valence-corrected chi connectivity index (χ3v) is 6.78. The van der Waals surface area contributed by atoms with Gasteiger partial charge in [-0.05, 0) is 24.5 Å². The van der Waals surface area contributed by atoms with Crippen LogP contribution in [0.25, 0.3) is 11.4 Å². The van der Waals surface area contributed by atoms with E-state index >= 15 is 0 Å². The van der Waals surface area contributed by atoms with Gasteiger partial charge in [-0.3, -0.25) is 9.59 Å². The molecule has 7 heteroatoms. The summed E-state index contributed by atoms with van der Waals surface area (Å²) in [5.41, 5.74) is 2.66. The standard InChI is InChI=1S/C26H28N4O3/c1-26(2)16-22(31)30(21-11-7-6-10-20(21)26)17-23(32)29-14-12-19(13-15-29)25-27-24(28-33-25)18-8-4-3-5-9-18/h3-11,19H,12-17H2,1-2H3. The number of hydrogen-bond donors (Lipinski definition) is 0. The number of carbonyl (C=O) groups excluding carboxylic acids is 2. The van der Waals surface area contributed by atoms with Crippen LogP contribution in [0.15, 0.2) is 59.1 Å². The summed E-state index contributed by atoms with van der Waals surface area (Å²) in [5, 5.41) is 4.12. The van der Waals surface area contributed by atoms with E-state index in [9.17, 15) is 9.59 Å². The van der Waals surface area contributed by atoms with Crippen LogP contribution in [0.3, 0.4) is 0 Å². The molecule has 0 spiro atoms. The van der Waals surface area contributed by atoms with Crippen molar-refractivity contribution in [1.29, 1.82) is 0 Å². The highest BCUT2D eigenvalue weighted by Gasteiger charge is 2.38. The summed E-state index contributed by atoms with van der Waals surface area (Å²) >= 11 is 0. The zero-order valence-corrected chi connectivity index (χ0v) is 19.0.